The molecule has 0 aliphatic carbocycles. The van der Waals surface area contributed by atoms with Crippen LogP contribution in [0, 0.1) is 0 Å². The summed E-state index contributed by atoms with van der Waals surface area (Å²) >= 11 is 0. The molecule has 0 spiro atoms. The number of nitrogens with zero attached hydrogens (tertiary/aromatic N) is 2. The summed E-state index contributed by atoms with van der Waals surface area (Å²) in [5.41, 5.74) is 5.27. The lowest BCUT2D eigenvalue weighted by molar-refractivity contribution is -0.927. The van der Waals surface area contributed by atoms with Gasteiger partial charge >= 0.3 is 0 Å². The van der Waals surface area contributed by atoms with Crippen LogP contribution in [0.1, 0.15) is 33.1 Å². The van der Waals surface area contributed by atoms with Gasteiger partial charge in [-0.05, 0) is 19.9 Å². The van der Waals surface area contributed by atoms with Crippen molar-refractivity contribution in [1.82, 2.24) is 5.32 Å². The number of aliphatic imine (C=N–C) groups is 1. The lowest BCUT2D eigenvalue weighted by Gasteiger charge is -2.38. The predicted octanol–water partition coefficient (Wildman–Crippen LogP) is 1.22. The molecular formula is C13H31N4+. The second-order valence-electron chi connectivity index (χ2n) is 4.75. The molecule has 0 bridgehead atoms. The van der Waals surface area contributed by atoms with Gasteiger partial charge in [0.15, 0.2) is 0 Å². The van der Waals surface area contributed by atoms with Crippen molar-refractivity contribution in [1.29, 1.82) is 0 Å². The van der Waals surface area contributed by atoms with Gasteiger partial charge in [-0.25, -0.2) is 0 Å². The van der Waals surface area contributed by atoms with E-state index in [0.717, 1.165) is 19.5 Å². The summed E-state index contributed by atoms with van der Waals surface area (Å²) in [5.74, 6) is 0. The number of likely N-dealkylation sites (N-methyl/N-ethyl adjacent to an activating group) is 1. The summed E-state index contributed by atoms with van der Waals surface area (Å²) in [5, 5.41) is 3.28. The Morgan fingerprint density at radius 1 is 1.12 bits per heavy atom. The van der Waals surface area contributed by atoms with Crippen molar-refractivity contribution in [3.63, 3.8) is 0 Å². The standard InChI is InChI=1S/C13H31N4/c1-4-9-17(10-5-2,12-8-15-3)11-6-7-16-13-14/h13,15H,4-12H2,1-3H3,(H2,14,16)/q+1. The molecule has 0 aliphatic rings. The van der Waals surface area contributed by atoms with E-state index in [1.807, 2.05) is 7.05 Å². The fraction of sp³-hybridized carbons (Fsp3) is 0.923. The van der Waals surface area contributed by atoms with E-state index < -0.39 is 0 Å². The molecule has 0 saturated heterocycles. The Morgan fingerprint density at radius 3 is 2.24 bits per heavy atom. The van der Waals surface area contributed by atoms with Gasteiger partial charge in [-0.3, -0.25) is 4.99 Å². The summed E-state index contributed by atoms with van der Waals surface area (Å²) in [6.07, 6.45) is 5.06. The molecule has 0 saturated carbocycles. The second-order valence-corrected chi connectivity index (χ2v) is 4.75. The highest BCUT2D eigenvalue weighted by Crippen LogP contribution is 2.11. The number of quaternary nitrogens is 1. The van der Waals surface area contributed by atoms with Crippen molar-refractivity contribution in [2.45, 2.75) is 33.1 Å². The molecule has 3 N–H and O–H groups in total. The van der Waals surface area contributed by atoms with E-state index in [2.05, 4.69) is 24.2 Å². The van der Waals surface area contributed by atoms with Gasteiger partial charge in [0.2, 0.25) is 0 Å². The molecule has 0 amide bonds. The van der Waals surface area contributed by atoms with Crippen molar-refractivity contribution >= 4 is 6.34 Å². The van der Waals surface area contributed by atoms with E-state index in [4.69, 9.17) is 5.73 Å². The van der Waals surface area contributed by atoms with Crippen LogP contribution in [0.5, 0.6) is 0 Å². The van der Waals surface area contributed by atoms with E-state index in [1.165, 1.54) is 49.8 Å². The first-order valence-electron chi connectivity index (χ1n) is 6.94. The number of nitrogens with one attached hydrogen (secondary N) is 1. The average molecular weight is 243 g/mol. The van der Waals surface area contributed by atoms with Crippen LogP contribution >= 0.6 is 0 Å². The van der Waals surface area contributed by atoms with Gasteiger partial charge in [0, 0.05) is 19.5 Å². The third-order valence-corrected chi connectivity index (χ3v) is 3.26. The SMILES string of the molecule is CCC[N+](CCC)(CCCN=CN)CCNC. The van der Waals surface area contributed by atoms with Gasteiger partial charge in [-0.15, -0.1) is 0 Å². The first-order valence-corrected chi connectivity index (χ1v) is 6.94. The third-order valence-electron chi connectivity index (χ3n) is 3.26. The molecule has 0 fully saturated rings. The van der Waals surface area contributed by atoms with Gasteiger partial charge < -0.3 is 15.5 Å². The van der Waals surface area contributed by atoms with E-state index >= 15 is 0 Å². The van der Waals surface area contributed by atoms with Crippen LogP contribution in [0.3, 0.4) is 0 Å². The van der Waals surface area contributed by atoms with Gasteiger partial charge in [0.05, 0.1) is 32.5 Å². The van der Waals surface area contributed by atoms with Crippen LogP contribution < -0.4 is 11.1 Å². The highest BCUT2D eigenvalue weighted by molar-refractivity contribution is 5.50. The van der Waals surface area contributed by atoms with E-state index in [1.54, 1.807) is 0 Å². The third kappa shape index (κ3) is 7.34. The normalized spacial score (nSPS) is 12.4. The molecule has 4 heteroatoms. The Morgan fingerprint density at radius 2 is 1.76 bits per heavy atom. The Bertz CT molecular complexity index is 186. The summed E-state index contributed by atoms with van der Waals surface area (Å²) in [6, 6.07) is 0. The zero-order valence-corrected chi connectivity index (χ0v) is 11.9. The van der Waals surface area contributed by atoms with Crippen LogP contribution in [0.25, 0.3) is 0 Å². The van der Waals surface area contributed by atoms with Crippen molar-refractivity contribution in [3.05, 3.63) is 0 Å². The zero-order chi connectivity index (χ0) is 13.0. The molecule has 102 valence electrons. The highest BCUT2D eigenvalue weighted by atomic mass is 15.4. The first-order chi connectivity index (χ1) is 8.24. The summed E-state index contributed by atoms with van der Waals surface area (Å²) in [6.45, 7) is 11.5. The molecule has 0 radical (unpaired) electrons. The maximum Gasteiger partial charge on any atom is 0.0913 e. The lowest BCUT2D eigenvalue weighted by atomic mass is 10.2. The molecule has 4 nitrogen and oxygen atoms in total. The van der Waals surface area contributed by atoms with Gasteiger partial charge in [0.25, 0.3) is 0 Å². The van der Waals surface area contributed by atoms with Crippen LogP contribution in [0.15, 0.2) is 4.99 Å². The van der Waals surface area contributed by atoms with Crippen molar-refractivity contribution < 1.29 is 4.48 Å². The van der Waals surface area contributed by atoms with Crippen LogP contribution in [-0.4, -0.2) is 57.1 Å². The minimum Gasteiger partial charge on any atom is -0.390 e. The van der Waals surface area contributed by atoms with Crippen molar-refractivity contribution in [2.75, 3.05) is 46.3 Å². The molecule has 0 atom stereocenters. The molecule has 0 aromatic heterocycles. The molecule has 0 rings (SSSR count). The second kappa shape index (κ2) is 10.5. The number of hydrogen-bond acceptors (Lipinski definition) is 2. The molecule has 0 aliphatic heterocycles. The Hall–Kier alpha value is -0.610. The maximum absolute atomic E-state index is 5.27. The monoisotopic (exact) mass is 243 g/mol. The fourth-order valence-electron chi connectivity index (χ4n) is 2.54. The maximum atomic E-state index is 5.27. The first kappa shape index (κ1) is 16.4. The molecule has 0 aromatic rings. The Balaban J connectivity index is 4.29. The quantitative estimate of drug-likeness (QED) is 0.248. The van der Waals surface area contributed by atoms with Crippen molar-refractivity contribution in [3.8, 4) is 0 Å². The Kier molecular flexibility index (Phi) is 10.2. The minimum absolute atomic E-state index is 0.865. The van der Waals surface area contributed by atoms with Gasteiger partial charge in [-0.1, -0.05) is 13.8 Å². The van der Waals surface area contributed by atoms with E-state index in [0.29, 0.717) is 0 Å². The average Bonchev–Trinajstić information content (AvgIpc) is 2.33. The number of rotatable bonds is 11. The number of hydrogen-bond donors (Lipinski definition) is 2. The van der Waals surface area contributed by atoms with E-state index in [-0.39, 0.29) is 0 Å². The minimum atomic E-state index is 0.865. The summed E-state index contributed by atoms with van der Waals surface area (Å²) < 4.78 is 1.23. The van der Waals surface area contributed by atoms with Crippen molar-refractivity contribution in [2.24, 2.45) is 10.7 Å². The van der Waals surface area contributed by atoms with Crippen LogP contribution in [-0.2, 0) is 0 Å². The molecule has 0 heterocycles. The molecule has 17 heavy (non-hydrogen) atoms. The van der Waals surface area contributed by atoms with Crippen LogP contribution in [0.4, 0.5) is 0 Å². The highest BCUT2D eigenvalue weighted by Gasteiger charge is 2.24. The molecule has 0 unspecified atom stereocenters. The van der Waals surface area contributed by atoms with E-state index in [9.17, 15) is 0 Å². The Labute approximate surface area is 107 Å². The molecular weight excluding hydrogens is 212 g/mol. The topological polar surface area (TPSA) is 50.4 Å². The zero-order valence-electron chi connectivity index (χ0n) is 11.9. The largest absolute Gasteiger partial charge is 0.390 e. The smallest absolute Gasteiger partial charge is 0.0913 e. The fourth-order valence-corrected chi connectivity index (χ4v) is 2.54. The van der Waals surface area contributed by atoms with Gasteiger partial charge in [0.1, 0.15) is 0 Å². The lowest BCUT2D eigenvalue weighted by Crippen LogP contribution is -2.53. The summed E-state index contributed by atoms with van der Waals surface area (Å²) in [7, 11) is 2.03. The summed E-state index contributed by atoms with van der Waals surface area (Å²) in [4.78, 5) is 4.10. The van der Waals surface area contributed by atoms with Gasteiger partial charge in [-0.2, -0.15) is 0 Å². The predicted molar refractivity (Wildman–Crippen MR) is 76.4 cm³/mol. The van der Waals surface area contributed by atoms with Crippen LogP contribution in [0.2, 0.25) is 0 Å². The number of nitrogens with two attached hydrogens (primary N) is 1. The molecule has 0 aromatic carbocycles.